The number of ether oxygens (including phenoxy) is 4. The molecular formula is C25H27NO7S. The normalized spacial score (nSPS) is 14.6. The number of methoxy groups -OCH3 is 1. The summed E-state index contributed by atoms with van der Waals surface area (Å²) in [6.07, 6.45) is 1.25. The SMILES string of the molecule is COc1cc(/C=C2\SC(=O)N(CC(=O)OC(C)C)C2=O)ccc1OCCOc1ccc(C)cc1. The molecule has 0 aromatic heterocycles. The molecule has 9 heteroatoms. The number of aryl methyl sites for hydroxylation is 1. The van der Waals surface area contributed by atoms with E-state index in [-0.39, 0.29) is 11.0 Å². The Morgan fingerprint density at radius 2 is 1.74 bits per heavy atom. The molecule has 180 valence electrons. The summed E-state index contributed by atoms with van der Waals surface area (Å²) >= 11 is 0.773. The molecule has 34 heavy (non-hydrogen) atoms. The molecule has 8 nitrogen and oxygen atoms in total. The molecule has 0 atom stereocenters. The van der Waals surface area contributed by atoms with Gasteiger partial charge in [-0.15, -0.1) is 0 Å². The van der Waals surface area contributed by atoms with E-state index in [0.717, 1.165) is 28.0 Å². The second-order valence-electron chi connectivity index (χ2n) is 7.73. The summed E-state index contributed by atoms with van der Waals surface area (Å²) < 4.78 is 21.9. The summed E-state index contributed by atoms with van der Waals surface area (Å²) in [4.78, 5) is 37.8. The number of benzene rings is 2. The molecule has 2 aromatic carbocycles. The Balaban J connectivity index is 1.61. The van der Waals surface area contributed by atoms with Crippen molar-refractivity contribution < 1.29 is 33.3 Å². The largest absolute Gasteiger partial charge is 0.493 e. The maximum atomic E-state index is 12.6. The molecule has 1 aliphatic heterocycles. The van der Waals surface area contributed by atoms with Gasteiger partial charge in [0.25, 0.3) is 11.1 Å². The van der Waals surface area contributed by atoms with Crippen molar-refractivity contribution in [2.75, 3.05) is 26.9 Å². The summed E-state index contributed by atoms with van der Waals surface area (Å²) in [5.41, 5.74) is 1.81. The number of nitrogens with zero attached hydrogens (tertiary/aromatic N) is 1. The van der Waals surface area contributed by atoms with E-state index in [9.17, 15) is 14.4 Å². The number of thioether (sulfide) groups is 1. The van der Waals surface area contributed by atoms with Gasteiger partial charge in [0.1, 0.15) is 25.5 Å². The van der Waals surface area contributed by atoms with Crippen LogP contribution >= 0.6 is 11.8 Å². The summed E-state index contributed by atoms with van der Waals surface area (Å²) in [7, 11) is 1.52. The van der Waals surface area contributed by atoms with Crippen molar-refractivity contribution in [2.45, 2.75) is 26.9 Å². The molecule has 1 aliphatic rings. The zero-order valence-electron chi connectivity index (χ0n) is 19.5. The van der Waals surface area contributed by atoms with E-state index < -0.39 is 23.7 Å². The first-order valence-electron chi connectivity index (χ1n) is 10.7. The van der Waals surface area contributed by atoms with E-state index >= 15 is 0 Å². The molecule has 0 aliphatic carbocycles. The highest BCUT2D eigenvalue weighted by Gasteiger charge is 2.36. The lowest BCUT2D eigenvalue weighted by atomic mass is 10.2. The van der Waals surface area contributed by atoms with Crippen LogP contribution in [0.25, 0.3) is 6.08 Å². The van der Waals surface area contributed by atoms with Gasteiger partial charge in [-0.3, -0.25) is 19.3 Å². The maximum Gasteiger partial charge on any atom is 0.326 e. The van der Waals surface area contributed by atoms with Crippen molar-refractivity contribution in [3.63, 3.8) is 0 Å². The van der Waals surface area contributed by atoms with Crippen molar-refractivity contribution in [1.82, 2.24) is 4.90 Å². The lowest BCUT2D eigenvalue weighted by Crippen LogP contribution is -2.35. The van der Waals surface area contributed by atoms with Gasteiger partial charge in [-0.1, -0.05) is 23.8 Å². The van der Waals surface area contributed by atoms with Crippen LogP contribution in [-0.4, -0.2) is 55.0 Å². The van der Waals surface area contributed by atoms with E-state index in [1.807, 2.05) is 31.2 Å². The Hall–Kier alpha value is -3.46. The second kappa shape index (κ2) is 11.6. The van der Waals surface area contributed by atoms with E-state index in [1.165, 1.54) is 7.11 Å². The maximum absolute atomic E-state index is 12.6. The molecule has 1 fully saturated rings. The number of rotatable bonds is 10. The van der Waals surface area contributed by atoms with Crippen molar-refractivity contribution in [3.05, 3.63) is 58.5 Å². The van der Waals surface area contributed by atoms with Gasteiger partial charge in [0, 0.05) is 0 Å². The van der Waals surface area contributed by atoms with E-state index in [1.54, 1.807) is 38.1 Å². The Kier molecular flexibility index (Phi) is 8.59. The summed E-state index contributed by atoms with van der Waals surface area (Å²) in [5.74, 6) is 0.597. The van der Waals surface area contributed by atoms with Crippen LogP contribution in [0.5, 0.6) is 17.2 Å². The molecule has 1 heterocycles. The van der Waals surface area contributed by atoms with Crippen LogP contribution in [0.3, 0.4) is 0 Å². The molecule has 0 bridgehead atoms. The highest BCUT2D eigenvalue weighted by atomic mass is 32.2. The van der Waals surface area contributed by atoms with Gasteiger partial charge >= 0.3 is 5.97 Å². The topological polar surface area (TPSA) is 91.4 Å². The quantitative estimate of drug-likeness (QED) is 0.277. The van der Waals surface area contributed by atoms with Crippen molar-refractivity contribution in [3.8, 4) is 17.2 Å². The average Bonchev–Trinajstić information content (AvgIpc) is 3.05. The zero-order chi connectivity index (χ0) is 24.7. The lowest BCUT2D eigenvalue weighted by Gasteiger charge is -2.13. The van der Waals surface area contributed by atoms with Crippen LogP contribution in [0.1, 0.15) is 25.0 Å². The molecule has 2 aromatic rings. The fourth-order valence-corrected chi connectivity index (χ4v) is 3.89. The number of hydrogen-bond acceptors (Lipinski definition) is 8. The average molecular weight is 486 g/mol. The molecule has 0 N–H and O–H groups in total. The predicted molar refractivity (Wildman–Crippen MR) is 129 cm³/mol. The molecular weight excluding hydrogens is 458 g/mol. The van der Waals surface area contributed by atoms with Gasteiger partial charge in [0.05, 0.1) is 18.1 Å². The first kappa shape index (κ1) is 25.2. The van der Waals surface area contributed by atoms with Gasteiger partial charge in [0.2, 0.25) is 0 Å². The summed E-state index contributed by atoms with van der Waals surface area (Å²) in [6, 6.07) is 12.9. The van der Waals surface area contributed by atoms with Crippen molar-refractivity contribution in [1.29, 1.82) is 0 Å². The van der Waals surface area contributed by atoms with E-state index in [4.69, 9.17) is 18.9 Å². The fourth-order valence-electron chi connectivity index (χ4n) is 3.06. The standard InChI is InChI=1S/C25H27NO7S/c1-16(2)33-23(27)15-26-24(28)22(34-25(26)29)14-18-7-10-20(21(13-18)30-4)32-12-11-31-19-8-5-17(3)6-9-19/h5-10,13-14,16H,11-12,15H2,1-4H3/b22-14-. The third-order valence-electron chi connectivity index (χ3n) is 4.64. The minimum absolute atomic E-state index is 0.213. The zero-order valence-corrected chi connectivity index (χ0v) is 20.3. The first-order valence-corrected chi connectivity index (χ1v) is 11.5. The lowest BCUT2D eigenvalue weighted by molar-refractivity contribution is -0.149. The molecule has 1 saturated heterocycles. The summed E-state index contributed by atoms with van der Waals surface area (Å²) in [6.45, 7) is 5.67. The van der Waals surface area contributed by atoms with Gasteiger partial charge in [0.15, 0.2) is 11.5 Å². The predicted octanol–water partition coefficient (Wildman–Crippen LogP) is 4.45. The monoisotopic (exact) mass is 485 g/mol. The van der Waals surface area contributed by atoms with Crippen LogP contribution < -0.4 is 14.2 Å². The number of esters is 1. The van der Waals surface area contributed by atoms with Crippen LogP contribution in [0.4, 0.5) is 4.79 Å². The molecule has 2 amide bonds. The number of amides is 2. The van der Waals surface area contributed by atoms with E-state index in [2.05, 4.69) is 0 Å². The van der Waals surface area contributed by atoms with Crippen LogP contribution in [0, 0.1) is 6.92 Å². The van der Waals surface area contributed by atoms with Crippen LogP contribution in [0.15, 0.2) is 47.4 Å². The van der Waals surface area contributed by atoms with Crippen molar-refractivity contribution in [2.24, 2.45) is 0 Å². The Bertz CT molecular complexity index is 1080. The number of carbonyl (C=O) groups is 3. The molecule has 0 spiro atoms. The van der Waals surface area contributed by atoms with E-state index in [0.29, 0.717) is 30.3 Å². The molecule has 0 saturated carbocycles. The minimum Gasteiger partial charge on any atom is -0.493 e. The highest BCUT2D eigenvalue weighted by molar-refractivity contribution is 8.18. The highest BCUT2D eigenvalue weighted by Crippen LogP contribution is 2.34. The fraction of sp³-hybridized carbons (Fsp3) is 0.320. The third-order valence-corrected chi connectivity index (χ3v) is 5.55. The number of carbonyl (C=O) groups excluding carboxylic acids is 3. The first-order chi connectivity index (χ1) is 16.3. The van der Waals surface area contributed by atoms with Crippen molar-refractivity contribution >= 4 is 35.0 Å². The summed E-state index contributed by atoms with van der Waals surface area (Å²) in [5, 5.41) is -0.516. The number of hydrogen-bond donors (Lipinski definition) is 0. The molecule has 0 radical (unpaired) electrons. The van der Waals surface area contributed by atoms with Crippen LogP contribution in [0.2, 0.25) is 0 Å². The third kappa shape index (κ3) is 6.77. The smallest absolute Gasteiger partial charge is 0.326 e. The number of imide groups is 1. The van der Waals surface area contributed by atoms with Crippen LogP contribution in [-0.2, 0) is 14.3 Å². The minimum atomic E-state index is -0.631. The molecule has 3 rings (SSSR count). The van der Waals surface area contributed by atoms with Gasteiger partial charge in [-0.25, -0.2) is 0 Å². The van der Waals surface area contributed by atoms with Gasteiger partial charge in [-0.2, -0.15) is 0 Å². The Morgan fingerprint density at radius 1 is 1.03 bits per heavy atom. The molecule has 0 unspecified atom stereocenters. The van der Waals surface area contributed by atoms with Gasteiger partial charge < -0.3 is 18.9 Å². The Morgan fingerprint density at radius 3 is 2.41 bits per heavy atom. The van der Waals surface area contributed by atoms with Gasteiger partial charge in [-0.05, 0) is 68.4 Å². The Labute approximate surface area is 202 Å². The second-order valence-corrected chi connectivity index (χ2v) is 8.72.